The van der Waals surface area contributed by atoms with Gasteiger partial charge in [-0.2, -0.15) is 0 Å². The molecule has 0 aromatic carbocycles. The Morgan fingerprint density at radius 2 is 2.15 bits per heavy atom. The van der Waals surface area contributed by atoms with E-state index in [4.69, 9.17) is 21.3 Å². The maximum Gasteiger partial charge on any atom is 0.188 e. The van der Waals surface area contributed by atoms with Gasteiger partial charge in [-0.1, -0.05) is 0 Å². The Hall–Kier alpha value is -1.85. The molecule has 0 amide bonds. The van der Waals surface area contributed by atoms with Crippen molar-refractivity contribution in [3.05, 3.63) is 12.7 Å². The largest absolute Gasteiger partial charge is 0.394 e. The van der Waals surface area contributed by atoms with Gasteiger partial charge >= 0.3 is 0 Å². The molecule has 0 aliphatic carbocycles. The molecule has 3 heterocycles. The number of fused-ring (bicyclic) bond motifs is 1. The van der Waals surface area contributed by atoms with Gasteiger partial charge in [-0.15, -0.1) is 0 Å². The third-order valence-corrected chi connectivity index (χ3v) is 3.34. The fourth-order valence-electron chi connectivity index (χ4n) is 2.27. The number of aliphatic hydroxyl groups excluding tert-OH is 2. The van der Waals surface area contributed by atoms with Gasteiger partial charge in [0.2, 0.25) is 0 Å². The summed E-state index contributed by atoms with van der Waals surface area (Å²) in [4.78, 5) is 11.8. The number of anilines is 1. The molecule has 3 rings (SSSR count). The lowest BCUT2D eigenvalue weighted by Crippen LogP contribution is -2.54. The van der Waals surface area contributed by atoms with Crippen LogP contribution in [0.15, 0.2) is 12.7 Å². The fourth-order valence-corrected chi connectivity index (χ4v) is 2.27. The van der Waals surface area contributed by atoms with E-state index >= 15 is 0 Å². The normalized spacial score (nSPS) is 33.9. The summed E-state index contributed by atoms with van der Waals surface area (Å²) in [5.41, 5.74) is 9.90. The van der Waals surface area contributed by atoms with Crippen LogP contribution in [-0.4, -0.2) is 59.4 Å². The maximum absolute atomic E-state index is 10.2. The summed E-state index contributed by atoms with van der Waals surface area (Å²) < 4.78 is 6.72. The summed E-state index contributed by atoms with van der Waals surface area (Å²) in [5.74, 6) is 0.173. The summed E-state index contributed by atoms with van der Waals surface area (Å²) in [6.07, 6.45) is -1.06. The van der Waals surface area contributed by atoms with Crippen molar-refractivity contribution in [2.24, 2.45) is 5.73 Å². The van der Waals surface area contributed by atoms with Crippen LogP contribution in [0, 0.1) is 0 Å². The van der Waals surface area contributed by atoms with E-state index in [0.717, 1.165) is 0 Å². The number of hydrogen-bond acceptors (Lipinski definition) is 9. The van der Waals surface area contributed by atoms with Crippen molar-refractivity contribution in [2.75, 3.05) is 12.3 Å². The number of imidazole rings is 1. The Kier molecular flexibility index (Phi) is 2.84. The summed E-state index contributed by atoms with van der Waals surface area (Å²) in [6, 6.07) is 0. The average Bonchev–Trinajstić information content (AvgIpc) is 2.92. The number of aliphatic hydroxyl groups is 3. The second kappa shape index (κ2) is 4.33. The Balaban J connectivity index is 2.10. The first-order chi connectivity index (χ1) is 9.46. The molecule has 1 aliphatic rings. The van der Waals surface area contributed by atoms with Gasteiger partial charge in [0.15, 0.2) is 23.4 Å². The summed E-state index contributed by atoms with van der Waals surface area (Å²) in [5, 5.41) is 29.2. The molecular formula is C10H14N6O4. The molecule has 7 N–H and O–H groups in total. The molecule has 4 atom stereocenters. The zero-order valence-electron chi connectivity index (χ0n) is 10.3. The Labute approximate surface area is 112 Å². The molecule has 1 aliphatic heterocycles. The van der Waals surface area contributed by atoms with Gasteiger partial charge in [0, 0.05) is 0 Å². The van der Waals surface area contributed by atoms with Crippen LogP contribution >= 0.6 is 0 Å². The van der Waals surface area contributed by atoms with Crippen LogP contribution in [-0.2, 0) is 4.74 Å². The zero-order chi connectivity index (χ0) is 14.5. The van der Waals surface area contributed by atoms with Gasteiger partial charge < -0.3 is 25.8 Å². The van der Waals surface area contributed by atoms with Gasteiger partial charge in [-0.05, 0) is 0 Å². The Morgan fingerprint density at radius 1 is 1.40 bits per heavy atom. The molecular weight excluding hydrogens is 268 g/mol. The molecule has 1 fully saturated rings. The van der Waals surface area contributed by atoms with Crippen LogP contribution in [0.2, 0.25) is 0 Å². The fraction of sp³-hybridized carbons (Fsp3) is 0.500. The quantitative estimate of drug-likeness (QED) is 0.368. The van der Waals surface area contributed by atoms with Crippen molar-refractivity contribution in [2.45, 2.75) is 24.2 Å². The first-order valence-corrected chi connectivity index (χ1v) is 5.85. The Bertz CT molecular complexity index is 644. The lowest BCUT2D eigenvalue weighted by atomic mass is 10.1. The molecule has 10 nitrogen and oxygen atoms in total. The highest BCUT2D eigenvalue weighted by Gasteiger charge is 2.54. The van der Waals surface area contributed by atoms with Crippen LogP contribution in [0.4, 0.5) is 5.82 Å². The highest BCUT2D eigenvalue weighted by molar-refractivity contribution is 5.81. The number of rotatable bonds is 2. The third-order valence-electron chi connectivity index (χ3n) is 3.34. The number of hydrogen-bond donors (Lipinski definition) is 5. The average molecular weight is 282 g/mol. The van der Waals surface area contributed by atoms with Crippen molar-refractivity contribution in [3.63, 3.8) is 0 Å². The molecule has 10 heteroatoms. The minimum Gasteiger partial charge on any atom is -0.394 e. The number of nitrogens with two attached hydrogens (primary N) is 2. The van der Waals surface area contributed by atoms with Crippen molar-refractivity contribution in [3.8, 4) is 0 Å². The monoisotopic (exact) mass is 282 g/mol. The number of ether oxygens (including phenoxy) is 1. The lowest BCUT2D eigenvalue weighted by molar-refractivity contribution is -0.103. The molecule has 1 saturated heterocycles. The highest BCUT2D eigenvalue weighted by atomic mass is 16.6. The first kappa shape index (κ1) is 13.1. The van der Waals surface area contributed by atoms with E-state index in [-0.39, 0.29) is 5.82 Å². The third kappa shape index (κ3) is 1.67. The summed E-state index contributed by atoms with van der Waals surface area (Å²) in [7, 11) is 0. The van der Waals surface area contributed by atoms with Crippen molar-refractivity contribution >= 4 is 17.0 Å². The molecule has 0 unspecified atom stereocenters. The molecule has 2 aromatic heterocycles. The highest BCUT2D eigenvalue weighted by Crippen LogP contribution is 2.36. The topological polar surface area (TPSA) is 166 Å². The van der Waals surface area contributed by atoms with E-state index in [1.165, 1.54) is 17.2 Å². The van der Waals surface area contributed by atoms with Crippen LogP contribution in [0.25, 0.3) is 11.2 Å². The summed E-state index contributed by atoms with van der Waals surface area (Å²) >= 11 is 0. The molecule has 108 valence electrons. The molecule has 20 heavy (non-hydrogen) atoms. The summed E-state index contributed by atoms with van der Waals surface area (Å²) in [6.45, 7) is -0.485. The molecule has 2 aromatic rings. The van der Waals surface area contributed by atoms with Crippen LogP contribution in [0.5, 0.6) is 0 Å². The van der Waals surface area contributed by atoms with Crippen molar-refractivity contribution < 1.29 is 20.1 Å². The van der Waals surface area contributed by atoms with Crippen LogP contribution in [0.1, 0.15) is 6.23 Å². The van der Waals surface area contributed by atoms with E-state index < -0.39 is 30.8 Å². The standard InChI is InChI=1S/C10H14N6O4/c11-7-5-8(14-2-13-7)16(3-15-5)9-10(12,19)6(18)4(1-17)20-9/h2-4,6,9,17-19H,1,12H2,(H2,11,13,14)/t4-,6-,9-,10+/m1/s1. The second-order valence-electron chi connectivity index (χ2n) is 4.62. The van der Waals surface area contributed by atoms with Gasteiger partial charge in [0.05, 0.1) is 12.9 Å². The van der Waals surface area contributed by atoms with Crippen molar-refractivity contribution in [1.82, 2.24) is 19.5 Å². The second-order valence-corrected chi connectivity index (χ2v) is 4.62. The number of nitrogens with zero attached hydrogens (tertiary/aromatic N) is 4. The lowest BCUT2D eigenvalue weighted by Gasteiger charge is -2.26. The molecule has 0 bridgehead atoms. The minimum absolute atomic E-state index is 0.173. The molecule has 0 radical (unpaired) electrons. The zero-order valence-corrected chi connectivity index (χ0v) is 10.3. The van der Waals surface area contributed by atoms with E-state index in [1.54, 1.807) is 0 Å². The van der Waals surface area contributed by atoms with E-state index in [1.807, 2.05) is 0 Å². The predicted octanol–water partition coefficient (Wildman–Crippen LogP) is -2.69. The SMILES string of the molecule is Nc1ncnc2c1ncn2[C@@H]1O[C@H](CO)[C@@H](O)[C@]1(N)O. The predicted molar refractivity (Wildman–Crippen MR) is 65.9 cm³/mol. The van der Waals surface area contributed by atoms with Gasteiger partial charge in [0.25, 0.3) is 0 Å². The van der Waals surface area contributed by atoms with Crippen LogP contribution in [0.3, 0.4) is 0 Å². The van der Waals surface area contributed by atoms with Crippen LogP contribution < -0.4 is 11.5 Å². The van der Waals surface area contributed by atoms with E-state index in [0.29, 0.717) is 11.2 Å². The molecule has 0 spiro atoms. The Morgan fingerprint density at radius 3 is 2.80 bits per heavy atom. The molecule has 0 saturated carbocycles. The van der Waals surface area contributed by atoms with Gasteiger partial charge in [-0.3, -0.25) is 10.3 Å². The number of aromatic nitrogens is 4. The minimum atomic E-state index is -2.10. The smallest absolute Gasteiger partial charge is 0.188 e. The van der Waals surface area contributed by atoms with Gasteiger partial charge in [0.1, 0.15) is 24.1 Å². The van der Waals surface area contributed by atoms with E-state index in [2.05, 4.69) is 15.0 Å². The maximum atomic E-state index is 10.2. The van der Waals surface area contributed by atoms with E-state index in [9.17, 15) is 10.2 Å². The van der Waals surface area contributed by atoms with Gasteiger partial charge in [-0.25, -0.2) is 15.0 Å². The number of nitrogen functional groups attached to an aromatic ring is 1. The van der Waals surface area contributed by atoms with Crippen molar-refractivity contribution in [1.29, 1.82) is 0 Å². The first-order valence-electron chi connectivity index (χ1n) is 5.85.